The number of hydrogen-bond acceptors (Lipinski definition) is 3. The number of halogens is 1. The summed E-state index contributed by atoms with van der Waals surface area (Å²) in [5.74, 6) is 1.29. The van der Waals surface area contributed by atoms with E-state index in [-0.39, 0.29) is 5.91 Å². The molecule has 2 nitrogen and oxygen atoms in total. The van der Waals surface area contributed by atoms with Gasteiger partial charge < -0.3 is 5.32 Å². The van der Waals surface area contributed by atoms with E-state index in [9.17, 15) is 4.79 Å². The van der Waals surface area contributed by atoms with Gasteiger partial charge in [0.2, 0.25) is 5.91 Å². The average Bonchev–Trinajstić information content (AvgIpc) is 2.78. The fourth-order valence-electron chi connectivity index (χ4n) is 1.51. The zero-order chi connectivity index (χ0) is 13.7. The fraction of sp³-hybridized carbons (Fsp3) is 0.214. The first-order chi connectivity index (χ1) is 9.13. The zero-order valence-electron chi connectivity index (χ0n) is 10.5. The highest BCUT2D eigenvalue weighted by Crippen LogP contribution is 2.25. The summed E-state index contributed by atoms with van der Waals surface area (Å²) in [7, 11) is 0. The minimum absolute atomic E-state index is 0.0245. The van der Waals surface area contributed by atoms with Crippen molar-refractivity contribution in [3.8, 4) is 0 Å². The second-order valence-electron chi connectivity index (χ2n) is 4.11. The lowest BCUT2D eigenvalue weighted by molar-refractivity contribution is -0.113. The van der Waals surface area contributed by atoms with Gasteiger partial charge in [0.25, 0.3) is 0 Å². The first-order valence-corrected chi connectivity index (χ1v) is 8.17. The van der Waals surface area contributed by atoms with E-state index < -0.39 is 0 Å². The third-order valence-corrected chi connectivity index (χ3v) is 4.84. The lowest BCUT2D eigenvalue weighted by atomic mass is 10.2. The topological polar surface area (TPSA) is 29.1 Å². The Morgan fingerprint density at radius 2 is 2.00 bits per heavy atom. The van der Waals surface area contributed by atoms with Gasteiger partial charge in [0, 0.05) is 16.3 Å². The molecular weight excluding hydrogens is 298 g/mol. The molecule has 0 aliphatic carbocycles. The number of hydrogen-bond donors (Lipinski definition) is 1. The van der Waals surface area contributed by atoms with E-state index in [0.29, 0.717) is 5.75 Å². The van der Waals surface area contributed by atoms with Crippen LogP contribution in [0.1, 0.15) is 10.4 Å². The number of anilines is 1. The average molecular weight is 312 g/mol. The summed E-state index contributed by atoms with van der Waals surface area (Å²) in [5, 5.41) is 2.88. The van der Waals surface area contributed by atoms with Crippen molar-refractivity contribution in [3.05, 3.63) is 51.2 Å². The van der Waals surface area contributed by atoms with Gasteiger partial charge in [0.1, 0.15) is 0 Å². The molecule has 1 heterocycles. The zero-order valence-corrected chi connectivity index (χ0v) is 12.9. The van der Waals surface area contributed by atoms with Gasteiger partial charge in [-0.25, -0.2) is 0 Å². The van der Waals surface area contributed by atoms with E-state index >= 15 is 0 Å². The fourth-order valence-corrected chi connectivity index (χ4v) is 3.53. The largest absolute Gasteiger partial charge is 0.325 e. The minimum atomic E-state index is 0.0245. The van der Waals surface area contributed by atoms with Gasteiger partial charge in [-0.05, 0) is 31.2 Å². The Bertz CT molecular complexity index is 551. The standard InChI is InChI=1S/C14H14ClNOS2/c1-10-2-4-11(5-3-10)16-14(17)9-18-8-12-6-7-13(15)19-12/h2-7H,8-9H2,1H3,(H,16,17). The van der Waals surface area contributed by atoms with Crippen LogP contribution in [0.3, 0.4) is 0 Å². The highest BCUT2D eigenvalue weighted by molar-refractivity contribution is 7.99. The molecule has 0 aliphatic heterocycles. The maximum absolute atomic E-state index is 11.7. The molecule has 5 heteroatoms. The Labute approximate surface area is 126 Å². The molecule has 1 N–H and O–H groups in total. The number of rotatable bonds is 5. The normalized spacial score (nSPS) is 10.4. The molecule has 0 bridgehead atoms. The Morgan fingerprint density at radius 3 is 2.63 bits per heavy atom. The van der Waals surface area contributed by atoms with Crippen LogP contribution in [0.2, 0.25) is 4.34 Å². The second-order valence-corrected chi connectivity index (χ2v) is 6.90. The van der Waals surface area contributed by atoms with Crippen molar-refractivity contribution < 1.29 is 4.79 Å². The Kier molecular flexibility index (Phi) is 5.31. The van der Waals surface area contributed by atoms with Crippen LogP contribution >= 0.6 is 34.7 Å². The van der Waals surface area contributed by atoms with E-state index in [4.69, 9.17) is 11.6 Å². The molecule has 1 amide bonds. The smallest absolute Gasteiger partial charge is 0.234 e. The van der Waals surface area contributed by atoms with E-state index in [1.165, 1.54) is 10.4 Å². The second kappa shape index (κ2) is 6.98. The maximum Gasteiger partial charge on any atom is 0.234 e. The van der Waals surface area contributed by atoms with E-state index in [1.807, 2.05) is 43.3 Å². The molecule has 0 radical (unpaired) electrons. The third-order valence-electron chi connectivity index (χ3n) is 2.44. The predicted molar refractivity (Wildman–Crippen MR) is 85.3 cm³/mol. The third kappa shape index (κ3) is 4.90. The monoisotopic (exact) mass is 311 g/mol. The first kappa shape index (κ1) is 14.4. The van der Waals surface area contributed by atoms with Gasteiger partial charge in [-0.2, -0.15) is 0 Å². The van der Waals surface area contributed by atoms with Gasteiger partial charge >= 0.3 is 0 Å². The number of nitrogens with one attached hydrogen (secondary N) is 1. The predicted octanol–water partition coefficient (Wildman–Crippen LogP) is 4.58. The van der Waals surface area contributed by atoms with Crippen LogP contribution in [-0.4, -0.2) is 11.7 Å². The van der Waals surface area contributed by atoms with Gasteiger partial charge in [0.15, 0.2) is 0 Å². The van der Waals surface area contributed by atoms with Crippen molar-refractivity contribution in [1.82, 2.24) is 0 Å². The number of carbonyl (C=O) groups is 1. The highest BCUT2D eigenvalue weighted by Gasteiger charge is 2.04. The number of thiophene rings is 1. The van der Waals surface area contributed by atoms with Crippen molar-refractivity contribution in [3.63, 3.8) is 0 Å². The summed E-state index contributed by atoms with van der Waals surface area (Å²) in [6.45, 7) is 2.02. The molecule has 0 spiro atoms. The molecule has 0 aliphatic rings. The minimum Gasteiger partial charge on any atom is -0.325 e. The van der Waals surface area contributed by atoms with Gasteiger partial charge in [-0.3, -0.25) is 4.79 Å². The number of aryl methyl sites for hydroxylation is 1. The van der Waals surface area contributed by atoms with Gasteiger partial charge in [-0.15, -0.1) is 23.1 Å². The molecule has 1 aromatic carbocycles. The molecule has 2 aromatic rings. The van der Waals surface area contributed by atoms with Crippen molar-refractivity contribution in [2.45, 2.75) is 12.7 Å². The lowest BCUT2D eigenvalue weighted by Gasteiger charge is -2.05. The molecule has 0 unspecified atom stereocenters. The van der Waals surface area contributed by atoms with Crippen LogP contribution in [0.25, 0.3) is 0 Å². The van der Waals surface area contributed by atoms with Gasteiger partial charge in [-0.1, -0.05) is 29.3 Å². The Hall–Kier alpha value is -0.970. The molecule has 0 atom stereocenters. The molecule has 19 heavy (non-hydrogen) atoms. The van der Waals surface area contributed by atoms with E-state index in [2.05, 4.69) is 5.32 Å². The SMILES string of the molecule is Cc1ccc(NC(=O)CSCc2ccc(Cl)s2)cc1. The Balaban J connectivity index is 1.74. The highest BCUT2D eigenvalue weighted by atomic mass is 35.5. The van der Waals surface area contributed by atoms with E-state index in [0.717, 1.165) is 15.8 Å². The van der Waals surface area contributed by atoms with Crippen LogP contribution < -0.4 is 5.32 Å². The summed E-state index contributed by atoms with van der Waals surface area (Å²) in [6, 6.07) is 11.7. The summed E-state index contributed by atoms with van der Waals surface area (Å²) >= 11 is 9.00. The maximum atomic E-state index is 11.7. The summed E-state index contributed by atoms with van der Waals surface area (Å²) in [5.41, 5.74) is 2.03. The van der Waals surface area contributed by atoms with Crippen LogP contribution in [0.5, 0.6) is 0 Å². The van der Waals surface area contributed by atoms with Crippen molar-refractivity contribution in [2.75, 3.05) is 11.1 Å². The molecule has 1 aromatic heterocycles. The number of benzene rings is 1. The Morgan fingerprint density at radius 1 is 1.26 bits per heavy atom. The van der Waals surface area contributed by atoms with Gasteiger partial charge in [0.05, 0.1) is 10.1 Å². The molecule has 0 saturated carbocycles. The lowest BCUT2D eigenvalue weighted by Crippen LogP contribution is -2.13. The number of thioether (sulfide) groups is 1. The van der Waals surface area contributed by atoms with Crippen molar-refractivity contribution >= 4 is 46.3 Å². The molecule has 0 saturated heterocycles. The molecule has 100 valence electrons. The van der Waals surface area contributed by atoms with Crippen molar-refractivity contribution in [2.24, 2.45) is 0 Å². The van der Waals surface area contributed by atoms with Crippen molar-refractivity contribution in [1.29, 1.82) is 0 Å². The number of carbonyl (C=O) groups excluding carboxylic acids is 1. The molecule has 2 rings (SSSR count). The molecular formula is C14H14ClNOS2. The van der Waals surface area contributed by atoms with Crippen LogP contribution in [0.15, 0.2) is 36.4 Å². The van der Waals surface area contributed by atoms with Crippen LogP contribution in [0, 0.1) is 6.92 Å². The van der Waals surface area contributed by atoms with Crippen LogP contribution in [0.4, 0.5) is 5.69 Å². The number of amides is 1. The summed E-state index contributed by atoms with van der Waals surface area (Å²) in [4.78, 5) is 12.9. The summed E-state index contributed by atoms with van der Waals surface area (Å²) in [6.07, 6.45) is 0. The molecule has 0 fully saturated rings. The van der Waals surface area contributed by atoms with E-state index in [1.54, 1.807) is 23.1 Å². The van der Waals surface area contributed by atoms with Crippen LogP contribution in [-0.2, 0) is 10.5 Å². The first-order valence-electron chi connectivity index (χ1n) is 5.82. The summed E-state index contributed by atoms with van der Waals surface area (Å²) < 4.78 is 0.791. The quantitative estimate of drug-likeness (QED) is 0.875.